The molecule has 2 N–H and O–H groups in total. The van der Waals surface area contributed by atoms with Crippen molar-refractivity contribution >= 4 is 11.6 Å². The van der Waals surface area contributed by atoms with Crippen molar-refractivity contribution in [3.8, 4) is 0 Å². The number of aryl methyl sites for hydroxylation is 2. The molecule has 1 aliphatic heterocycles. The van der Waals surface area contributed by atoms with Crippen LogP contribution in [0.1, 0.15) is 42.0 Å². The normalized spacial score (nSPS) is 21.3. The molecule has 1 saturated heterocycles. The van der Waals surface area contributed by atoms with E-state index in [0.717, 1.165) is 23.5 Å². The van der Waals surface area contributed by atoms with Crippen molar-refractivity contribution in [2.45, 2.75) is 40.2 Å². The predicted molar refractivity (Wildman–Crippen MR) is 84.7 cm³/mol. The van der Waals surface area contributed by atoms with Crippen LogP contribution in [0.25, 0.3) is 5.65 Å². The Morgan fingerprint density at radius 3 is 2.82 bits per heavy atom. The number of likely N-dealkylation sites (tertiary alicyclic amines) is 1. The maximum atomic E-state index is 12.9. The number of hydrogen-bond donors (Lipinski definition) is 1. The van der Waals surface area contributed by atoms with Gasteiger partial charge in [0.15, 0.2) is 5.65 Å². The summed E-state index contributed by atoms with van der Waals surface area (Å²) in [6.07, 6.45) is 2.49. The maximum absolute atomic E-state index is 12.9. The van der Waals surface area contributed by atoms with Gasteiger partial charge in [0.2, 0.25) is 0 Å². The van der Waals surface area contributed by atoms with Crippen LogP contribution in [0, 0.1) is 19.3 Å². The molecule has 0 saturated carbocycles. The summed E-state index contributed by atoms with van der Waals surface area (Å²) >= 11 is 0. The molecule has 1 unspecified atom stereocenters. The number of nitrogens with two attached hydrogens (primary N) is 1. The van der Waals surface area contributed by atoms with Crippen molar-refractivity contribution in [3.63, 3.8) is 0 Å². The number of nitrogens with zero attached hydrogens (tertiary/aromatic N) is 4. The highest BCUT2D eigenvalue weighted by Crippen LogP contribution is 2.28. The van der Waals surface area contributed by atoms with Crippen LogP contribution in [-0.2, 0) is 0 Å². The van der Waals surface area contributed by atoms with Crippen LogP contribution >= 0.6 is 0 Å². The van der Waals surface area contributed by atoms with Crippen molar-refractivity contribution in [1.29, 1.82) is 0 Å². The average molecular weight is 301 g/mol. The molecule has 0 bridgehead atoms. The van der Waals surface area contributed by atoms with Crippen LogP contribution in [0.5, 0.6) is 0 Å². The second-order valence-electron chi connectivity index (χ2n) is 6.92. The van der Waals surface area contributed by atoms with Gasteiger partial charge in [0.05, 0.1) is 17.0 Å². The van der Waals surface area contributed by atoms with Gasteiger partial charge in [0.1, 0.15) is 0 Å². The van der Waals surface area contributed by atoms with Crippen LogP contribution in [0.3, 0.4) is 0 Å². The molecule has 2 aromatic rings. The highest BCUT2D eigenvalue weighted by Gasteiger charge is 2.36. The molecule has 1 aliphatic rings. The SMILES string of the molecule is Cc1cc2ncc(C(=O)N3CCC(N)C(C)(C)C3)c(C)n2n1. The Labute approximate surface area is 130 Å². The number of fused-ring (bicyclic) bond motifs is 1. The number of carbonyl (C=O) groups is 1. The lowest BCUT2D eigenvalue weighted by Crippen LogP contribution is -2.54. The predicted octanol–water partition coefficient (Wildman–Crippen LogP) is 1.55. The zero-order valence-electron chi connectivity index (χ0n) is 13.6. The Kier molecular flexibility index (Phi) is 3.44. The van der Waals surface area contributed by atoms with Crippen molar-refractivity contribution in [2.75, 3.05) is 13.1 Å². The van der Waals surface area contributed by atoms with Gasteiger partial charge in [-0.1, -0.05) is 13.8 Å². The summed E-state index contributed by atoms with van der Waals surface area (Å²) in [7, 11) is 0. The van der Waals surface area contributed by atoms with Crippen molar-refractivity contribution in [1.82, 2.24) is 19.5 Å². The quantitative estimate of drug-likeness (QED) is 0.867. The lowest BCUT2D eigenvalue weighted by molar-refractivity contribution is 0.0531. The molecular weight excluding hydrogens is 278 g/mol. The van der Waals surface area contributed by atoms with Crippen molar-refractivity contribution in [2.24, 2.45) is 11.1 Å². The topological polar surface area (TPSA) is 76.5 Å². The summed E-state index contributed by atoms with van der Waals surface area (Å²) in [5, 5.41) is 4.40. The van der Waals surface area contributed by atoms with Gasteiger partial charge < -0.3 is 10.6 Å². The van der Waals surface area contributed by atoms with Gasteiger partial charge in [0, 0.05) is 31.4 Å². The van der Waals surface area contributed by atoms with E-state index in [4.69, 9.17) is 5.73 Å². The highest BCUT2D eigenvalue weighted by atomic mass is 16.2. The lowest BCUT2D eigenvalue weighted by Gasteiger charge is -2.42. The third-order valence-electron chi connectivity index (χ3n) is 4.68. The Morgan fingerprint density at radius 2 is 2.14 bits per heavy atom. The molecule has 22 heavy (non-hydrogen) atoms. The van der Waals surface area contributed by atoms with Crippen LogP contribution in [0.4, 0.5) is 0 Å². The zero-order chi connectivity index (χ0) is 16.1. The molecule has 118 valence electrons. The minimum atomic E-state index is -0.0678. The minimum Gasteiger partial charge on any atom is -0.338 e. The second-order valence-corrected chi connectivity index (χ2v) is 6.92. The summed E-state index contributed by atoms with van der Waals surface area (Å²) in [4.78, 5) is 19.1. The number of aromatic nitrogens is 3. The number of piperidine rings is 1. The minimum absolute atomic E-state index is 0.0139. The first-order chi connectivity index (χ1) is 10.3. The molecule has 3 rings (SSSR count). The van der Waals surface area contributed by atoms with Gasteiger partial charge in [-0.15, -0.1) is 0 Å². The Bertz CT molecular complexity index is 733. The van der Waals surface area contributed by atoms with Gasteiger partial charge >= 0.3 is 0 Å². The number of amides is 1. The molecule has 0 radical (unpaired) electrons. The monoisotopic (exact) mass is 301 g/mol. The van der Waals surface area contributed by atoms with Gasteiger partial charge in [-0.25, -0.2) is 9.50 Å². The van der Waals surface area contributed by atoms with Gasteiger partial charge in [-0.05, 0) is 25.7 Å². The van der Waals surface area contributed by atoms with E-state index in [1.165, 1.54) is 0 Å². The Hall–Kier alpha value is -1.95. The zero-order valence-corrected chi connectivity index (χ0v) is 13.6. The summed E-state index contributed by atoms with van der Waals surface area (Å²) in [5.74, 6) is 0.0139. The first-order valence-corrected chi connectivity index (χ1v) is 7.66. The molecule has 3 heterocycles. The fraction of sp³-hybridized carbons (Fsp3) is 0.562. The first-order valence-electron chi connectivity index (χ1n) is 7.66. The molecule has 6 heteroatoms. The van der Waals surface area contributed by atoms with E-state index in [9.17, 15) is 4.79 Å². The average Bonchev–Trinajstić information content (AvgIpc) is 2.83. The summed E-state index contributed by atoms with van der Waals surface area (Å²) in [6, 6.07) is 2.04. The van der Waals surface area contributed by atoms with E-state index >= 15 is 0 Å². The maximum Gasteiger partial charge on any atom is 0.257 e. The molecule has 0 aliphatic carbocycles. The van der Waals surface area contributed by atoms with E-state index in [1.54, 1.807) is 10.7 Å². The van der Waals surface area contributed by atoms with Crippen molar-refractivity contribution in [3.05, 3.63) is 29.2 Å². The summed E-state index contributed by atoms with van der Waals surface area (Å²) in [6.45, 7) is 9.42. The van der Waals surface area contributed by atoms with E-state index in [-0.39, 0.29) is 17.4 Å². The molecule has 0 aromatic carbocycles. The van der Waals surface area contributed by atoms with Crippen LogP contribution in [-0.4, -0.2) is 44.5 Å². The third kappa shape index (κ3) is 2.37. The lowest BCUT2D eigenvalue weighted by atomic mass is 9.79. The molecule has 1 atom stereocenters. The molecule has 1 fully saturated rings. The fourth-order valence-corrected chi connectivity index (χ4v) is 3.09. The number of carbonyl (C=O) groups excluding carboxylic acids is 1. The first kappa shape index (κ1) is 15.0. The van der Waals surface area contributed by atoms with Crippen LogP contribution < -0.4 is 5.73 Å². The van der Waals surface area contributed by atoms with E-state index in [2.05, 4.69) is 23.9 Å². The smallest absolute Gasteiger partial charge is 0.257 e. The largest absolute Gasteiger partial charge is 0.338 e. The fourth-order valence-electron chi connectivity index (χ4n) is 3.09. The highest BCUT2D eigenvalue weighted by molar-refractivity contribution is 5.95. The van der Waals surface area contributed by atoms with E-state index in [0.29, 0.717) is 18.7 Å². The van der Waals surface area contributed by atoms with E-state index in [1.807, 2.05) is 24.8 Å². The van der Waals surface area contributed by atoms with Crippen LogP contribution in [0.15, 0.2) is 12.3 Å². The van der Waals surface area contributed by atoms with Gasteiger partial charge in [-0.2, -0.15) is 5.10 Å². The summed E-state index contributed by atoms with van der Waals surface area (Å²) in [5.41, 5.74) is 9.20. The number of rotatable bonds is 1. The Morgan fingerprint density at radius 1 is 1.41 bits per heavy atom. The van der Waals surface area contributed by atoms with Gasteiger partial charge in [-0.3, -0.25) is 4.79 Å². The molecule has 0 spiro atoms. The number of hydrogen-bond acceptors (Lipinski definition) is 4. The van der Waals surface area contributed by atoms with E-state index < -0.39 is 0 Å². The van der Waals surface area contributed by atoms with Crippen molar-refractivity contribution < 1.29 is 4.79 Å². The standard InChI is InChI=1S/C16H23N5O/c1-10-7-14-18-8-12(11(2)21(14)19-10)15(22)20-6-5-13(17)16(3,4)9-20/h7-8,13H,5-6,9,17H2,1-4H3. The summed E-state index contributed by atoms with van der Waals surface area (Å²) < 4.78 is 1.74. The molecule has 2 aromatic heterocycles. The second kappa shape index (κ2) is 5.05. The molecular formula is C16H23N5O. The Balaban J connectivity index is 1.94. The molecule has 6 nitrogen and oxygen atoms in total. The van der Waals surface area contributed by atoms with Gasteiger partial charge in [0.25, 0.3) is 5.91 Å². The van der Waals surface area contributed by atoms with Crippen LogP contribution in [0.2, 0.25) is 0 Å². The third-order valence-corrected chi connectivity index (χ3v) is 4.68. The molecule has 1 amide bonds.